The largest absolute Gasteiger partial charge is 0.0984 e. The second kappa shape index (κ2) is 5.86. The van der Waals surface area contributed by atoms with Crippen LogP contribution in [0.2, 0.25) is 0 Å². The monoisotopic (exact) mass is 238 g/mol. The van der Waals surface area contributed by atoms with E-state index in [9.17, 15) is 0 Å². The summed E-state index contributed by atoms with van der Waals surface area (Å²) in [5.41, 5.74) is 4.36. The molecule has 0 aromatic heterocycles. The topological polar surface area (TPSA) is 0 Å². The van der Waals surface area contributed by atoms with Gasteiger partial charge < -0.3 is 0 Å². The standard InChI is InChI=1S/C18H22/c1-4-9-14-13-15-11-7-8-12-18(15)16(6-3)17(14)10-5-2/h6-8,11-13H,3-5,9-10H2,1-2H3. The van der Waals surface area contributed by atoms with Gasteiger partial charge in [0, 0.05) is 0 Å². The van der Waals surface area contributed by atoms with E-state index >= 15 is 0 Å². The van der Waals surface area contributed by atoms with Crippen molar-refractivity contribution in [1.82, 2.24) is 0 Å². The summed E-state index contributed by atoms with van der Waals surface area (Å²) in [6, 6.07) is 11.0. The Morgan fingerprint density at radius 2 is 1.78 bits per heavy atom. The molecular formula is C18H22. The van der Waals surface area contributed by atoms with Crippen molar-refractivity contribution in [3.63, 3.8) is 0 Å². The fourth-order valence-electron chi connectivity index (χ4n) is 2.75. The molecule has 0 aliphatic rings. The summed E-state index contributed by atoms with van der Waals surface area (Å²) in [5, 5.41) is 2.69. The molecule has 0 aliphatic carbocycles. The molecule has 94 valence electrons. The van der Waals surface area contributed by atoms with Crippen molar-refractivity contribution in [2.45, 2.75) is 39.5 Å². The predicted molar refractivity (Wildman–Crippen MR) is 82.0 cm³/mol. The van der Waals surface area contributed by atoms with Gasteiger partial charge in [-0.2, -0.15) is 0 Å². The van der Waals surface area contributed by atoms with E-state index in [1.807, 2.05) is 6.08 Å². The van der Waals surface area contributed by atoms with Crippen LogP contribution in [0, 0.1) is 0 Å². The summed E-state index contributed by atoms with van der Waals surface area (Å²) >= 11 is 0. The molecule has 0 atom stereocenters. The third-order valence-corrected chi connectivity index (χ3v) is 3.52. The van der Waals surface area contributed by atoms with Crippen LogP contribution in [0.5, 0.6) is 0 Å². The zero-order chi connectivity index (χ0) is 13.0. The Morgan fingerprint density at radius 1 is 1.06 bits per heavy atom. The molecule has 18 heavy (non-hydrogen) atoms. The summed E-state index contributed by atoms with van der Waals surface area (Å²) in [6.07, 6.45) is 6.75. The van der Waals surface area contributed by atoms with Crippen molar-refractivity contribution in [3.8, 4) is 0 Å². The molecule has 0 spiro atoms. The minimum Gasteiger partial charge on any atom is -0.0984 e. The molecule has 0 saturated carbocycles. The Labute approximate surface area is 110 Å². The van der Waals surface area contributed by atoms with Crippen LogP contribution in [0.3, 0.4) is 0 Å². The fourth-order valence-corrected chi connectivity index (χ4v) is 2.75. The van der Waals surface area contributed by atoms with Crippen LogP contribution < -0.4 is 0 Å². The van der Waals surface area contributed by atoms with Crippen molar-refractivity contribution in [2.24, 2.45) is 0 Å². The van der Waals surface area contributed by atoms with Crippen LogP contribution >= 0.6 is 0 Å². The quantitative estimate of drug-likeness (QED) is 0.655. The number of hydrogen-bond donors (Lipinski definition) is 0. The maximum Gasteiger partial charge on any atom is -0.0109 e. The average molecular weight is 238 g/mol. The molecular weight excluding hydrogens is 216 g/mol. The third kappa shape index (κ3) is 2.33. The highest BCUT2D eigenvalue weighted by molar-refractivity contribution is 5.92. The molecule has 0 bridgehead atoms. The Morgan fingerprint density at radius 3 is 2.44 bits per heavy atom. The first-order valence-corrected chi connectivity index (χ1v) is 6.97. The van der Waals surface area contributed by atoms with E-state index in [0.717, 1.165) is 6.42 Å². The minimum atomic E-state index is 1.15. The van der Waals surface area contributed by atoms with Crippen molar-refractivity contribution in [2.75, 3.05) is 0 Å². The molecule has 0 nitrogen and oxygen atoms in total. The number of benzene rings is 2. The second-order valence-corrected chi connectivity index (χ2v) is 4.85. The first-order chi connectivity index (χ1) is 8.81. The molecule has 0 amide bonds. The van der Waals surface area contributed by atoms with Gasteiger partial charge in [-0.1, -0.05) is 69.7 Å². The highest BCUT2D eigenvalue weighted by atomic mass is 14.1. The van der Waals surface area contributed by atoms with Gasteiger partial charge in [0.25, 0.3) is 0 Å². The van der Waals surface area contributed by atoms with E-state index in [0.29, 0.717) is 0 Å². The lowest BCUT2D eigenvalue weighted by Gasteiger charge is -2.15. The Hall–Kier alpha value is -1.56. The van der Waals surface area contributed by atoms with E-state index in [1.165, 1.54) is 46.7 Å². The summed E-state index contributed by atoms with van der Waals surface area (Å²) in [6.45, 7) is 8.52. The number of aryl methyl sites for hydroxylation is 1. The van der Waals surface area contributed by atoms with Gasteiger partial charge in [0.2, 0.25) is 0 Å². The zero-order valence-electron chi connectivity index (χ0n) is 11.5. The van der Waals surface area contributed by atoms with E-state index in [4.69, 9.17) is 0 Å². The lowest BCUT2D eigenvalue weighted by molar-refractivity contribution is 0.862. The van der Waals surface area contributed by atoms with Gasteiger partial charge in [-0.05, 0) is 40.3 Å². The molecule has 0 radical (unpaired) electrons. The second-order valence-electron chi connectivity index (χ2n) is 4.85. The molecule has 0 unspecified atom stereocenters. The molecule has 0 heteroatoms. The zero-order valence-corrected chi connectivity index (χ0v) is 11.5. The number of rotatable bonds is 5. The maximum atomic E-state index is 4.03. The summed E-state index contributed by atoms with van der Waals surface area (Å²) in [5.74, 6) is 0. The summed E-state index contributed by atoms with van der Waals surface area (Å²) < 4.78 is 0. The highest BCUT2D eigenvalue weighted by Crippen LogP contribution is 2.29. The van der Waals surface area contributed by atoms with Gasteiger partial charge >= 0.3 is 0 Å². The van der Waals surface area contributed by atoms with Crippen LogP contribution in [0.4, 0.5) is 0 Å². The van der Waals surface area contributed by atoms with Gasteiger partial charge in [-0.15, -0.1) is 0 Å². The molecule has 0 saturated heterocycles. The molecule has 0 N–H and O–H groups in total. The van der Waals surface area contributed by atoms with Gasteiger partial charge in [0.05, 0.1) is 0 Å². The Kier molecular flexibility index (Phi) is 4.19. The van der Waals surface area contributed by atoms with Gasteiger partial charge in [0.1, 0.15) is 0 Å². The van der Waals surface area contributed by atoms with Crippen LogP contribution in [-0.2, 0) is 12.8 Å². The van der Waals surface area contributed by atoms with Crippen LogP contribution in [0.25, 0.3) is 16.8 Å². The van der Waals surface area contributed by atoms with Crippen LogP contribution in [-0.4, -0.2) is 0 Å². The molecule has 2 aromatic carbocycles. The van der Waals surface area contributed by atoms with Gasteiger partial charge in [-0.3, -0.25) is 0 Å². The first-order valence-electron chi connectivity index (χ1n) is 6.97. The summed E-state index contributed by atoms with van der Waals surface area (Å²) in [4.78, 5) is 0. The van der Waals surface area contributed by atoms with E-state index in [2.05, 4.69) is 50.8 Å². The van der Waals surface area contributed by atoms with Crippen LogP contribution in [0.1, 0.15) is 43.4 Å². The summed E-state index contributed by atoms with van der Waals surface area (Å²) in [7, 11) is 0. The van der Waals surface area contributed by atoms with Crippen molar-refractivity contribution >= 4 is 16.8 Å². The number of hydrogen-bond acceptors (Lipinski definition) is 0. The molecule has 2 rings (SSSR count). The van der Waals surface area contributed by atoms with E-state index < -0.39 is 0 Å². The lowest BCUT2D eigenvalue weighted by atomic mass is 9.90. The van der Waals surface area contributed by atoms with Gasteiger partial charge in [-0.25, -0.2) is 0 Å². The predicted octanol–water partition coefficient (Wildman–Crippen LogP) is 5.39. The lowest BCUT2D eigenvalue weighted by Crippen LogP contribution is -1.98. The maximum absolute atomic E-state index is 4.03. The number of fused-ring (bicyclic) bond motifs is 1. The smallest absolute Gasteiger partial charge is 0.0109 e. The van der Waals surface area contributed by atoms with E-state index in [-0.39, 0.29) is 0 Å². The van der Waals surface area contributed by atoms with Crippen molar-refractivity contribution < 1.29 is 0 Å². The average Bonchev–Trinajstić information content (AvgIpc) is 2.40. The molecule has 2 aromatic rings. The van der Waals surface area contributed by atoms with Gasteiger partial charge in [0.15, 0.2) is 0 Å². The third-order valence-electron chi connectivity index (χ3n) is 3.52. The Balaban J connectivity index is 2.73. The molecule has 0 heterocycles. The van der Waals surface area contributed by atoms with E-state index in [1.54, 1.807) is 0 Å². The molecule has 0 fully saturated rings. The van der Waals surface area contributed by atoms with Crippen molar-refractivity contribution in [1.29, 1.82) is 0 Å². The minimum absolute atomic E-state index is 1.15. The van der Waals surface area contributed by atoms with Crippen molar-refractivity contribution in [3.05, 3.63) is 53.6 Å². The normalized spacial score (nSPS) is 10.8. The highest BCUT2D eigenvalue weighted by Gasteiger charge is 2.09. The first kappa shape index (κ1) is 12.9. The molecule has 0 aliphatic heterocycles. The van der Waals surface area contributed by atoms with Crippen LogP contribution in [0.15, 0.2) is 36.9 Å². The Bertz CT molecular complexity index is 549. The SMILES string of the molecule is C=Cc1c(CCC)c(CCC)cc2ccccc12. The fraction of sp³-hybridized carbons (Fsp3) is 0.333.